The number of nitrogens with one attached hydrogen (secondary N) is 2. The van der Waals surface area contributed by atoms with Crippen molar-refractivity contribution in [3.63, 3.8) is 0 Å². The molecule has 1 fully saturated rings. The number of likely N-dealkylation sites (tertiary alicyclic amines) is 1. The molecule has 0 bridgehead atoms. The smallest absolute Gasteiger partial charge is 0.243 e. The molecule has 2 aromatic rings. The van der Waals surface area contributed by atoms with Crippen LogP contribution in [-0.2, 0) is 4.79 Å². The Kier molecular flexibility index (Phi) is 4.96. The Balaban J connectivity index is 1.51. The number of aryl methyl sites for hydroxylation is 1. The summed E-state index contributed by atoms with van der Waals surface area (Å²) in [7, 11) is 0. The lowest BCUT2D eigenvalue weighted by molar-refractivity contribution is -0.121. The molecule has 24 heavy (non-hydrogen) atoms. The van der Waals surface area contributed by atoms with Gasteiger partial charge in [-0.25, -0.2) is 4.98 Å². The van der Waals surface area contributed by atoms with Gasteiger partial charge in [0.1, 0.15) is 11.9 Å². The highest BCUT2D eigenvalue weighted by atomic mass is 16.5. The summed E-state index contributed by atoms with van der Waals surface area (Å²) in [5, 5.41) is 16.9. The van der Waals surface area contributed by atoms with Gasteiger partial charge in [-0.15, -0.1) is 0 Å². The molecule has 0 saturated carbocycles. The van der Waals surface area contributed by atoms with Gasteiger partial charge in [0.25, 0.3) is 0 Å². The summed E-state index contributed by atoms with van der Waals surface area (Å²) in [5.41, 5.74) is 0.727. The van der Waals surface area contributed by atoms with Crippen molar-refractivity contribution >= 4 is 11.8 Å². The molecule has 0 unspecified atom stereocenters. The van der Waals surface area contributed by atoms with Gasteiger partial charge in [0.15, 0.2) is 0 Å². The summed E-state index contributed by atoms with van der Waals surface area (Å²) in [4.78, 5) is 21.5. The van der Waals surface area contributed by atoms with E-state index in [1.165, 1.54) is 0 Å². The van der Waals surface area contributed by atoms with Crippen LogP contribution in [0, 0.1) is 12.8 Å². The van der Waals surface area contributed by atoms with Crippen molar-refractivity contribution in [2.45, 2.75) is 38.8 Å². The molecule has 2 atom stereocenters. The first kappa shape index (κ1) is 16.7. The molecule has 1 aliphatic rings. The Bertz CT molecular complexity index is 661. The zero-order chi connectivity index (χ0) is 17.1. The Morgan fingerprint density at radius 1 is 1.50 bits per heavy atom. The number of hydrogen-bond donors (Lipinski definition) is 3. The van der Waals surface area contributed by atoms with Gasteiger partial charge in [0.2, 0.25) is 11.8 Å². The van der Waals surface area contributed by atoms with Gasteiger partial charge in [-0.05, 0) is 45.7 Å². The quantitative estimate of drug-likeness (QED) is 0.765. The number of imidazole rings is 1. The number of carbonyl (C=O) groups is 1. The number of amides is 1. The number of piperidine rings is 1. The molecule has 130 valence electrons. The Hall–Kier alpha value is -2.19. The van der Waals surface area contributed by atoms with Crippen LogP contribution in [0.1, 0.15) is 37.4 Å². The zero-order valence-corrected chi connectivity index (χ0v) is 13.9. The summed E-state index contributed by atoms with van der Waals surface area (Å²) >= 11 is 0. The van der Waals surface area contributed by atoms with Gasteiger partial charge in [-0.1, -0.05) is 5.16 Å². The SMILES string of the molecule is Cc1cc(NC(=O)[C@H](C)N2CCC([C@H](O)c3ncc[nH]3)CC2)on1. The molecule has 3 rings (SSSR count). The number of anilines is 1. The van der Waals surface area contributed by atoms with Gasteiger partial charge in [0, 0.05) is 18.5 Å². The molecular weight excluding hydrogens is 310 g/mol. The number of carbonyl (C=O) groups excluding carboxylic acids is 1. The number of aliphatic hydroxyl groups excluding tert-OH is 1. The Morgan fingerprint density at radius 3 is 2.83 bits per heavy atom. The molecule has 0 aromatic carbocycles. The normalized spacial score (nSPS) is 19.1. The minimum atomic E-state index is -0.580. The molecule has 1 amide bonds. The van der Waals surface area contributed by atoms with Crippen molar-refractivity contribution in [3.05, 3.63) is 30.0 Å². The second-order valence-electron chi connectivity index (χ2n) is 6.29. The lowest BCUT2D eigenvalue weighted by Gasteiger charge is -2.36. The maximum Gasteiger partial charge on any atom is 0.243 e. The summed E-state index contributed by atoms with van der Waals surface area (Å²) in [6, 6.07) is 1.42. The fourth-order valence-electron chi connectivity index (χ4n) is 3.10. The molecule has 0 aliphatic carbocycles. The largest absolute Gasteiger partial charge is 0.385 e. The number of H-pyrrole nitrogens is 1. The summed E-state index contributed by atoms with van der Waals surface area (Å²) in [6.45, 7) is 5.19. The molecule has 2 aromatic heterocycles. The topological polar surface area (TPSA) is 107 Å². The van der Waals surface area contributed by atoms with E-state index in [-0.39, 0.29) is 17.9 Å². The maximum absolute atomic E-state index is 12.3. The highest BCUT2D eigenvalue weighted by Crippen LogP contribution is 2.29. The van der Waals surface area contributed by atoms with Crippen LogP contribution in [0.2, 0.25) is 0 Å². The van der Waals surface area contributed by atoms with Crippen molar-refractivity contribution in [3.8, 4) is 0 Å². The highest BCUT2D eigenvalue weighted by Gasteiger charge is 2.31. The van der Waals surface area contributed by atoms with Gasteiger partial charge in [-0.3, -0.25) is 15.0 Å². The van der Waals surface area contributed by atoms with E-state index in [0.717, 1.165) is 31.6 Å². The lowest BCUT2D eigenvalue weighted by atomic mass is 9.90. The highest BCUT2D eigenvalue weighted by molar-refractivity contribution is 5.93. The molecule has 8 nitrogen and oxygen atoms in total. The van der Waals surface area contributed by atoms with Crippen LogP contribution in [0.4, 0.5) is 5.88 Å². The fraction of sp³-hybridized carbons (Fsp3) is 0.562. The summed E-state index contributed by atoms with van der Waals surface area (Å²) < 4.78 is 5.02. The van der Waals surface area contributed by atoms with E-state index in [0.29, 0.717) is 11.7 Å². The average molecular weight is 333 g/mol. The molecule has 8 heteroatoms. The third-order valence-corrected chi connectivity index (χ3v) is 4.62. The van der Waals surface area contributed by atoms with Crippen LogP contribution in [0.3, 0.4) is 0 Å². The number of aromatic amines is 1. The van der Waals surface area contributed by atoms with Gasteiger partial charge >= 0.3 is 0 Å². The standard InChI is InChI=1S/C16H23N5O3/c1-10-9-13(24-20-10)19-16(23)11(2)21-7-3-12(4-8-21)14(22)15-17-5-6-18-15/h5-6,9,11-12,14,22H,3-4,7-8H2,1-2H3,(H,17,18)(H,19,23)/t11-,14-/m0/s1. The second kappa shape index (κ2) is 7.14. The number of nitrogens with zero attached hydrogens (tertiary/aromatic N) is 3. The van der Waals surface area contributed by atoms with E-state index >= 15 is 0 Å². The van der Waals surface area contributed by atoms with Crippen LogP contribution in [-0.4, -0.2) is 50.2 Å². The number of hydrogen-bond acceptors (Lipinski definition) is 6. The number of aliphatic hydroxyl groups is 1. The van der Waals surface area contributed by atoms with E-state index < -0.39 is 6.10 Å². The van der Waals surface area contributed by atoms with E-state index in [2.05, 4.69) is 25.3 Å². The molecule has 3 N–H and O–H groups in total. The first-order chi connectivity index (χ1) is 11.5. The second-order valence-corrected chi connectivity index (χ2v) is 6.29. The molecule has 1 aliphatic heterocycles. The van der Waals surface area contributed by atoms with E-state index in [4.69, 9.17) is 4.52 Å². The minimum Gasteiger partial charge on any atom is -0.385 e. The predicted molar refractivity (Wildman–Crippen MR) is 87.2 cm³/mol. The van der Waals surface area contributed by atoms with Gasteiger partial charge in [-0.2, -0.15) is 0 Å². The van der Waals surface area contributed by atoms with Crippen molar-refractivity contribution in [2.75, 3.05) is 18.4 Å². The monoisotopic (exact) mass is 333 g/mol. The molecular formula is C16H23N5O3. The fourth-order valence-corrected chi connectivity index (χ4v) is 3.10. The number of rotatable bonds is 5. The first-order valence-electron chi connectivity index (χ1n) is 8.20. The van der Waals surface area contributed by atoms with Crippen molar-refractivity contribution in [2.24, 2.45) is 5.92 Å². The van der Waals surface area contributed by atoms with E-state index in [1.807, 2.05) is 6.92 Å². The molecule has 3 heterocycles. The predicted octanol–water partition coefficient (Wildman–Crippen LogP) is 1.48. The Morgan fingerprint density at radius 2 is 2.25 bits per heavy atom. The molecule has 1 saturated heterocycles. The van der Waals surface area contributed by atoms with Crippen molar-refractivity contribution in [1.82, 2.24) is 20.0 Å². The first-order valence-corrected chi connectivity index (χ1v) is 8.20. The lowest BCUT2D eigenvalue weighted by Crippen LogP contribution is -2.46. The summed E-state index contributed by atoms with van der Waals surface area (Å²) in [5.74, 6) is 1.02. The third kappa shape index (κ3) is 3.65. The van der Waals surface area contributed by atoms with Gasteiger partial charge in [0.05, 0.1) is 11.7 Å². The number of aromatic nitrogens is 3. The van der Waals surface area contributed by atoms with Crippen LogP contribution in [0.5, 0.6) is 0 Å². The van der Waals surface area contributed by atoms with Crippen LogP contribution < -0.4 is 5.32 Å². The van der Waals surface area contributed by atoms with E-state index in [1.54, 1.807) is 25.4 Å². The molecule has 0 spiro atoms. The van der Waals surface area contributed by atoms with Crippen molar-refractivity contribution < 1.29 is 14.4 Å². The maximum atomic E-state index is 12.3. The Labute approximate surface area is 140 Å². The minimum absolute atomic E-state index is 0.115. The third-order valence-electron chi connectivity index (χ3n) is 4.62. The van der Waals surface area contributed by atoms with Crippen LogP contribution >= 0.6 is 0 Å². The average Bonchev–Trinajstić information content (AvgIpc) is 3.25. The van der Waals surface area contributed by atoms with Gasteiger partial charge < -0.3 is 14.6 Å². The van der Waals surface area contributed by atoms with E-state index in [9.17, 15) is 9.90 Å². The van der Waals surface area contributed by atoms with Crippen molar-refractivity contribution in [1.29, 1.82) is 0 Å². The zero-order valence-electron chi connectivity index (χ0n) is 13.9. The van der Waals surface area contributed by atoms with Crippen LogP contribution in [0.15, 0.2) is 23.0 Å². The summed E-state index contributed by atoms with van der Waals surface area (Å²) in [6.07, 6.45) is 4.42. The van der Waals surface area contributed by atoms with Crippen LogP contribution in [0.25, 0.3) is 0 Å². The molecule has 0 radical (unpaired) electrons.